The number of rotatable bonds is 14. The molecule has 0 radical (unpaired) electrons. The van der Waals surface area contributed by atoms with Crippen LogP contribution < -0.4 is 20.7 Å². The first kappa shape index (κ1) is 34.3. The van der Waals surface area contributed by atoms with Crippen molar-refractivity contribution in [1.82, 2.24) is 20.9 Å². The zero-order valence-corrected chi connectivity index (χ0v) is 27.0. The van der Waals surface area contributed by atoms with Crippen molar-refractivity contribution in [3.8, 4) is 11.5 Å². The van der Waals surface area contributed by atoms with Gasteiger partial charge < -0.3 is 30.7 Å². The summed E-state index contributed by atoms with van der Waals surface area (Å²) in [6.45, 7) is 6.19. The summed E-state index contributed by atoms with van der Waals surface area (Å²) >= 11 is 0. The topological polar surface area (TPSA) is 120 Å². The first-order valence-electron chi connectivity index (χ1n) is 16.4. The molecule has 9 heteroatoms. The lowest BCUT2D eigenvalue weighted by Crippen LogP contribution is -2.56. The molecule has 1 heterocycles. The van der Waals surface area contributed by atoms with Crippen LogP contribution >= 0.6 is 0 Å². The van der Waals surface area contributed by atoms with E-state index in [4.69, 9.17) is 4.74 Å². The lowest BCUT2D eigenvalue weighted by molar-refractivity contribution is -0.130. The highest BCUT2D eigenvalue weighted by Crippen LogP contribution is 2.17. The molecule has 0 saturated carbocycles. The van der Waals surface area contributed by atoms with Crippen molar-refractivity contribution in [2.75, 3.05) is 19.6 Å². The largest absolute Gasteiger partial charge is 0.508 e. The van der Waals surface area contributed by atoms with E-state index in [0.717, 1.165) is 42.4 Å². The number of likely N-dealkylation sites (tertiary alicyclic amines) is 1. The van der Waals surface area contributed by atoms with Crippen LogP contribution in [0.3, 0.4) is 0 Å². The number of carbonyl (C=O) groups is 3. The fourth-order valence-corrected chi connectivity index (χ4v) is 5.51. The second-order valence-electron chi connectivity index (χ2n) is 12.4. The van der Waals surface area contributed by atoms with E-state index < -0.39 is 12.1 Å². The van der Waals surface area contributed by atoms with E-state index in [1.54, 1.807) is 17.0 Å². The van der Waals surface area contributed by atoms with Gasteiger partial charge in [-0.15, -0.1) is 0 Å². The van der Waals surface area contributed by atoms with Crippen LogP contribution in [0.4, 0.5) is 4.79 Å². The minimum absolute atomic E-state index is 0.154. The number of phenols is 1. The average Bonchev–Trinajstić information content (AvgIpc) is 3.35. The predicted molar refractivity (Wildman–Crippen MR) is 179 cm³/mol. The third kappa shape index (κ3) is 11.4. The van der Waals surface area contributed by atoms with Crippen LogP contribution in [0.1, 0.15) is 62.6 Å². The van der Waals surface area contributed by atoms with Gasteiger partial charge in [0.25, 0.3) is 0 Å². The Kier molecular flexibility index (Phi) is 13.3. The number of phenolic OH excluding ortho intramolecular Hbond substituents is 1. The van der Waals surface area contributed by atoms with Crippen LogP contribution in [-0.4, -0.2) is 59.6 Å². The number of benzene rings is 3. The fraction of sp³-hybridized carbons (Fsp3) is 0.432. The van der Waals surface area contributed by atoms with Gasteiger partial charge in [-0.1, -0.05) is 81.3 Å². The van der Waals surface area contributed by atoms with E-state index in [2.05, 4.69) is 16.0 Å². The van der Waals surface area contributed by atoms with Crippen molar-refractivity contribution in [2.45, 2.75) is 77.5 Å². The number of nitrogens with one attached hydrogen (secondary N) is 3. The van der Waals surface area contributed by atoms with Gasteiger partial charge in [-0.3, -0.25) is 9.59 Å². The molecule has 0 spiro atoms. The molecule has 1 aliphatic rings. The smallest absolute Gasteiger partial charge is 0.318 e. The maximum Gasteiger partial charge on any atom is 0.318 e. The van der Waals surface area contributed by atoms with Gasteiger partial charge in [0.05, 0.1) is 0 Å². The molecule has 0 aliphatic carbocycles. The quantitative estimate of drug-likeness (QED) is 0.192. The van der Waals surface area contributed by atoms with E-state index in [1.165, 1.54) is 0 Å². The van der Waals surface area contributed by atoms with Crippen molar-refractivity contribution >= 4 is 17.8 Å². The molecule has 46 heavy (non-hydrogen) atoms. The zero-order valence-electron chi connectivity index (χ0n) is 27.0. The molecule has 0 aromatic heterocycles. The summed E-state index contributed by atoms with van der Waals surface area (Å²) in [6, 6.07) is 22.4. The lowest BCUT2D eigenvalue weighted by atomic mass is 10.0. The maximum absolute atomic E-state index is 13.7. The van der Waals surface area contributed by atoms with Crippen molar-refractivity contribution in [1.29, 1.82) is 0 Å². The molecule has 2 atom stereocenters. The van der Waals surface area contributed by atoms with Gasteiger partial charge in [0, 0.05) is 26.1 Å². The molecule has 3 aromatic carbocycles. The standard InChI is InChI=1S/C37H48N4O5/c1-27(2)24-33(40-37(45)41-22-8-3-4-9-23-41)36(44)39-34(35(43)38-21-20-28-12-16-31(42)17-13-28)25-29-14-18-32(19-15-29)46-26-30-10-6-5-7-11-30/h5-7,10-19,27,33-34,42H,3-4,8-9,20-26H2,1-2H3,(H,38,43)(H,39,44)(H,40,45)/t33-,34-/m0/s1. The van der Waals surface area contributed by atoms with Gasteiger partial charge in [0.1, 0.15) is 30.2 Å². The number of hydrogen-bond donors (Lipinski definition) is 4. The van der Waals surface area contributed by atoms with E-state index >= 15 is 0 Å². The fourth-order valence-electron chi connectivity index (χ4n) is 5.51. The summed E-state index contributed by atoms with van der Waals surface area (Å²) in [4.78, 5) is 42.2. The Hall–Kier alpha value is -4.53. The van der Waals surface area contributed by atoms with Crippen molar-refractivity contribution in [2.24, 2.45) is 5.92 Å². The molecule has 4 rings (SSSR count). The van der Waals surface area contributed by atoms with Gasteiger partial charge in [-0.05, 0) is 72.6 Å². The number of ether oxygens (including phenoxy) is 1. The molecule has 0 unspecified atom stereocenters. The third-order valence-corrected chi connectivity index (χ3v) is 8.11. The third-order valence-electron chi connectivity index (χ3n) is 8.11. The van der Waals surface area contributed by atoms with Crippen LogP contribution in [-0.2, 0) is 29.0 Å². The monoisotopic (exact) mass is 628 g/mol. The summed E-state index contributed by atoms with van der Waals surface area (Å²) in [7, 11) is 0. The molecule has 4 amide bonds. The lowest BCUT2D eigenvalue weighted by Gasteiger charge is -2.27. The average molecular weight is 629 g/mol. The van der Waals surface area contributed by atoms with Crippen molar-refractivity contribution in [3.63, 3.8) is 0 Å². The van der Waals surface area contributed by atoms with Crippen LogP contribution in [0.5, 0.6) is 11.5 Å². The highest BCUT2D eigenvalue weighted by atomic mass is 16.5. The molecule has 1 saturated heterocycles. The Morgan fingerprint density at radius 1 is 0.761 bits per heavy atom. The number of nitrogens with zero attached hydrogens (tertiary/aromatic N) is 1. The normalized spacial score (nSPS) is 14.5. The van der Waals surface area contributed by atoms with Crippen LogP contribution in [0.2, 0.25) is 0 Å². The van der Waals surface area contributed by atoms with Crippen LogP contribution in [0.25, 0.3) is 0 Å². The molecule has 4 N–H and O–H groups in total. The van der Waals surface area contributed by atoms with Crippen molar-refractivity contribution < 1.29 is 24.2 Å². The Morgan fingerprint density at radius 2 is 1.41 bits per heavy atom. The molecule has 9 nitrogen and oxygen atoms in total. The van der Waals surface area contributed by atoms with Crippen LogP contribution in [0, 0.1) is 5.92 Å². The minimum Gasteiger partial charge on any atom is -0.508 e. The zero-order chi connectivity index (χ0) is 32.7. The van der Waals surface area contributed by atoms with Crippen LogP contribution in [0.15, 0.2) is 78.9 Å². The molecule has 1 aliphatic heterocycles. The molecule has 1 fully saturated rings. The summed E-state index contributed by atoms with van der Waals surface area (Å²) < 4.78 is 5.92. The molecular formula is C37H48N4O5. The Balaban J connectivity index is 1.43. The second kappa shape index (κ2) is 17.8. The Labute approximate surface area is 272 Å². The van der Waals surface area contributed by atoms with Gasteiger partial charge in [-0.2, -0.15) is 0 Å². The first-order chi connectivity index (χ1) is 22.3. The van der Waals surface area contributed by atoms with Gasteiger partial charge in [0.2, 0.25) is 11.8 Å². The minimum atomic E-state index is -0.854. The van der Waals surface area contributed by atoms with E-state index in [1.807, 2.05) is 80.6 Å². The number of aromatic hydroxyl groups is 1. The van der Waals surface area contributed by atoms with Gasteiger partial charge >= 0.3 is 6.03 Å². The number of hydrogen-bond acceptors (Lipinski definition) is 5. The summed E-state index contributed by atoms with van der Waals surface area (Å²) in [6.07, 6.45) is 5.40. The predicted octanol–water partition coefficient (Wildman–Crippen LogP) is 5.36. The summed E-state index contributed by atoms with van der Waals surface area (Å²) in [5.74, 6) is 0.365. The molecular weight excluding hydrogens is 580 g/mol. The maximum atomic E-state index is 13.7. The molecule has 246 valence electrons. The van der Waals surface area contributed by atoms with Gasteiger partial charge in [0.15, 0.2) is 0 Å². The molecule has 0 bridgehead atoms. The number of urea groups is 1. The van der Waals surface area contributed by atoms with E-state index in [9.17, 15) is 19.5 Å². The number of carbonyl (C=O) groups excluding carboxylic acids is 3. The summed E-state index contributed by atoms with van der Waals surface area (Å²) in [5, 5.41) is 18.4. The summed E-state index contributed by atoms with van der Waals surface area (Å²) in [5.41, 5.74) is 2.90. The molecule has 3 aromatic rings. The number of amides is 4. The Morgan fingerprint density at radius 3 is 2.07 bits per heavy atom. The Bertz CT molecular complexity index is 1370. The van der Waals surface area contributed by atoms with Gasteiger partial charge in [-0.25, -0.2) is 4.79 Å². The van der Waals surface area contributed by atoms with Crippen molar-refractivity contribution in [3.05, 3.63) is 95.6 Å². The SMILES string of the molecule is CC(C)C[C@H](NC(=O)N1CCCCCC1)C(=O)N[C@@H](Cc1ccc(OCc2ccccc2)cc1)C(=O)NCCc1ccc(O)cc1. The highest BCUT2D eigenvalue weighted by Gasteiger charge is 2.29. The highest BCUT2D eigenvalue weighted by molar-refractivity contribution is 5.92. The van der Waals surface area contributed by atoms with E-state index in [-0.39, 0.29) is 35.9 Å². The first-order valence-corrected chi connectivity index (χ1v) is 16.4. The van der Waals surface area contributed by atoms with E-state index in [0.29, 0.717) is 44.8 Å². The second-order valence-corrected chi connectivity index (χ2v) is 12.4.